The molecule has 0 aliphatic heterocycles. The Morgan fingerprint density at radius 1 is 1.21 bits per heavy atom. The molecule has 2 aromatic rings. The van der Waals surface area contributed by atoms with Gasteiger partial charge in [0.2, 0.25) is 0 Å². The molecule has 0 aliphatic rings. The molecule has 0 radical (unpaired) electrons. The third-order valence-electron chi connectivity index (χ3n) is 2.94. The Morgan fingerprint density at radius 2 is 2.00 bits per heavy atom. The van der Waals surface area contributed by atoms with Crippen LogP contribution in [0.2, 0.25) is 0 Å². The van der Waals surface area contributed by atoms with Gasteiger partial charge in [0.15, 0.2) is 0 Å². The molecule has 1 N–H and O–H groups in total. The van der Waals surface area contributed by atoms with Crippen LogP contribution >= 0.6 is 15.9 Å². The summed E-state index contributed by atoms with van der Waals surface area (Å²) < 4.78 is 1.06. The lowest BCUT2D eigenvalue weighted by Gasteiger charge is -2.16. The molecule has 0 fully saturated rings. The number of anilines is 1. The number of benzene rings is 2. The molecular weight excluding hydrogens is 300 g/mol. The number of hydrogen-bond acceptors (Lipinski definition) is 2. The van der Waals surface area contributed by atoms with E-state index in [1.165, 1.54) is 5.56 Å². The first-order valence-electron chi connectivity index (χ1n) is 6.12. The van der Waals surface area contributed by atoms with Crippen LogP contribution in [0.1, 0.15) is 29.7 Å². The molecule has 0 spiro atoms. The minimum Gasteiger partial charge on any atom is -0.378 e. The molecular formula is C16H15BrN2. The SMILES string of the molecule is Cc1cc(Br)cc(NC(C)c2cccc(C#N)c2)c1. The lowest BCUT2D eigenvalue weighted by Crippen LogP contribution is -2.06. The Balaban J connectivity index is 2.20. The molecule has 96 valence electrons. The molecule has 0 aromatic heterocycles. The van der Waals surface area contributed by atoms with Crippen molar-refractivity contribution in [3.05, 3.63) is 63.6 Å². The molecule has 2 rings (SSSR count). The molecule has 3 heteroatoms. The van der Waals surface area contributed by atoms with E-state index in [-0.39, 0.29) is 6.04 Å². The van der Waals surface area contributed by atoms with Crippen molar-refractivity contribution in [2.75, 3.05) is 5.32 Å². The maximum Gasteiger partial charge on any atom is 0.0991 e. The molecule has 2 aromatic carbocycles. The first kappa shape index (κ1) is 13.6. The predicted octanol–water partition coefficient (Wildman–Crippen LogP) is 4.80. The zero-order chi connectivity index (χ0) is 13.8. The van der Waals surface area contributed by atoms with E-state index < -0.39 is 0 Å². The fraction of sp³-hybridized carbons (Fsp3) is 0.188. The van der Waals surface area contributed by atoms with Crippen molar-refractivity contribution in [1.29, 1.82) is 5.26 Å². The van der Waals surface area contributed by atoms with Crippen LogP contribution in [-0.4, -0.2) is 0 Å². The minimum atomic E-state index is 0.155. The Bertz CT molecular complexity index is 609. The van der Waals surface area contributed by atoms with E-state index in [9.17, 15) is 0 Å². The minimum absolute atomic E-state index is 0.155. The van der Waals surface area contributed by atoms with Crippen molar-refractivity contribution in [3.8, 4) is 6.07 Å². The number of rotatable bonds is 3. The maximum absolute atomic E-state index is 8.93. The van der Waals surface area contributed by atoms with Gasteiger partial charge in [-0.1, -0.05) is 28.1 Å². The average Bonchev–Trinajstić information content (AvgIpc) is 2.37. The van der Waals surface area contributed by atoms with Crippen LogP contribution < -0.4 is 5.32 Å². The Labute approximate surface area is 122 Å². The second kappa shape index (κ2) is 5.90. The monoisotopic (exact) mass is 314 g/mol. The molecule has 0 heterocycles. The summed E-state index contributed by atoms with van der Waals surface area (Å²) in [7, 11) is 0. The van der Waals surface area contributed by atoms with E-state index in [1.807, 2.05) is 24.3 Å². The van der Waals surface area contributed by atoms with Gasteiger partial charge in [-0.2, -0.15) is 5.26 Å². The van der Waals surface area contributed by atoms with Gasteiger partial charge in [-0.15, -0.1) is 0 Å². The predicted molar refractivity (Wildman–Crippen MR) is 82.1 cm³/mol. The summed E-state index contributed by atoms with van der Waals surface area (Å²) in [6, 6.07) is 16.2. The van der Waals surface area contributed by atoms with Gasteiger partial charge < -0.3 is 5.32 Å². The molecule has 0 bridgehead atoms. The Kier molecular flexibility index (Phi) is 4.24. The molecule has 1 atom stereocenters. The highest BCUT2D eigenvalue weighted by Crippen LogP contribution is 2.24. The van der Waals surface area contributed by atoms with Crippen molar-refractivity contribution in [2.24, 2.45) is 0 Å². The lowest BCUT2D eigenvalue weighted by molar-refractivity contribution is 0.883. The summed E-state index contributed by atoms with van der Waals surface area (Å²) in [6.07, 6.45) is 0. The molecule has 19 heavy (non-hydrogen) atoms. The maximum atomic E-state index is 8.93. The summed E-state index contributed by atoms with van der Waals surface area (Å²) in [5.41, 5.74) is 4.07. The van der Waals surface area contributed by atoms with Crippen molar-refractivity contribution >= 4 is 21.6 Å². The van der Waals surface area contributed by atoms with E-state index in [4.69, 9.17) is 5.26 Å². The number of aryl methyl sites for hydroxylation is 1. The highest BCUT2D eigenvalue weighted by atomic mass is 79.9. The van der Waals surface area contributed by atoms with Crippen LogP contribution in [0.5, 0.6) is 0 Å². The van der Waals surface area contributed by atoms with E-state index >= 15 is 0 Å². The van der Waals surface area contributed by atoms with Crippen LogP contribution in [0.25, 0.3) is 0 Å². The number of halogens is 1. The zero-order valence-corrected chi connectivity index (χ0v) is 12.5. The smallest absolute Gasteiger partial charge is 0.0991 e. The first-order valence-corrected chi connectivity index (χ1v) is 6.91. The summed E-state index contributed by atoms with van der Waals surface area (Å²) >= 11 is 3.50. The molecule has 0 saturated carbocycles. The van der Waals surface area contributed by atoms with Gasteiger partial charge >= 0.3 is 0 Å². The van der Waals surface area contributed by atoms with Crippen molar-refractivity contribution in [1.82, 2.24) is 0 Å². The first-order chi connectivity index (χ1) is 9.08. The second-order valence-electron chi connectivity index (χ2n) is 4.62. The van der Waals surface area contributed by atoms with Crippen LogP contribution in [0.15, 0.2) is 46.9 Å². The van der Waals surface area contributed by atoms with E-state index in [0.29, 0.717) is 5.56 Å². The van der Waals surface area contributed by atoms with Crippen molar-refractivity contribution in [3.63, 3.8) is 0 Å². The number of hydrogen-bond donors (Lipinski definition) is 1. The van der Waals surface area contributed by atoms with Gasteiger partial charge in [0.05, 0.1) is 11.6 Å². The van der Waals surface area contributed by atoms with Crippen LogP contribution in [0, 0.1) is 18.3 Å². The normalized spacial score (nSPS) is 11.7. The van der Waals surface area contributed by atoms with Crippen LogP contribution in [-0.2, 0) is 0 Å². The highest BCUT2D eigenvalue weighted by molar-refractivity contribution is 9.10. The van der Waals surface area contributed by atoms with Crippen molar-refractivity contribution in [2.45, 2.75) is 19.9 Å². The van der Waals surface area contributed by atoms with Crippen LogP contribution in [0.3, 0.4) is 0 Å². The van der Waals surface area contributed by atoms with E-state index in [0.717, 1.165) is 15.7 Å². The summed E-state index contributed by atoms with van der Waals surface area (Å²) in [4.78, 5) is 0. The Hall–Kier alpha value is -1.79. The van der Waals surface area contributed by atoms with Gasteiger partial charge in [-0.05, 0) is 55.3 Å². The zero-order valence-electron chi connectivity index (χ0n) is 10.9. The lowest BCUT2D eigenvalue weighted by atomic mass is 10.1. The quantitative estimate of drug-likeness (QED) is 0.883. The summed E-state index contributed by atoms with van der Waals surface area (Å²) in [5.74, 6) is 0. The van der Waals surface area contributed by atoms with Gasteiger partial charge in [0.1, 0.15) is 0 Å². The number of nitrogens with zero attached hydrogens (tertiary/aromatic N) is 1. The molecule has 0 aliphatic carbocycles. The molecule has 2 nitrogen and oxygen atoms in total. The highest BCUT2D eigenvalue weighted by Gasteiger charge is 2.06. The second-order valence-corrected chi connectivity index (χ2v) is 5.54. The van der Waals surface area contributed by atoms with E-state index in [2.05, 4.69) is 59.4 Å². The van der Waals surface area contributed by atoms with Crippen LogP contribution in [0.4, 0.5) is 5.69 Å². The summed E-state index contributed by atoms with van der Waals surface area (Å²) in [6.45, 7) is 4.16. The molecule has 1 unspecified atom stereocenters. The van der Waals surface area contributed by atoms with Crippen molar-refractivity contribution < 1.29 is 0 Å². The number of nitrogens with one attached hydrogen (secondary N) is 1. The third-order valence-corrected chi connectivity index (χ3v) is 3.40. The molecule has 0 saturated heterocycles. The van der Waals surface area contributed by atoms with Gasteiger partial charge in [-0.3, -0.25) is 0 Å². The topological polar surface area (TPSA) is 35.8 Å². The Morgan fingerprint density at radius 3 is 2.68 bits per heavy atom. The average molecular weight is 315 g/mol. The van der Waals surface area contributed by atoms with Gasteiger partial charge in [-0.25, -0.2) is 0 Å². The standard InChI is InChI=1S/C16H15BrN2/c1-11-6-15(17)9-16(7-11)19-12(2)14-5-3-4-13(8-14)10-18/h3-9,12,19H,1-2H3. The van der Waals surface area contributed by atoms with E-state index in [1.54, 1.807) is 0 Å². The fourth-order valence-electron chi connectivity index (χ4n) is 2.03. The fourth-order valence-corrected chi connectivity index (χ4v) is 2.64. The largest absolute Gasteiger partial charge is 0.378 e. The number of nitriles is 1. The molecule has 0 amide bonds. The summed E-state index contributed by atoms with van der Waals surface area (Å²) in [5, 5.41) is 12.4. The van der Waals surface area contributed by atoms with Gasteiger partial charge in [0, 0.05) is 16.2 Å². The third kappa shape index (κ3) is 3.59. The van der Waals surface area contributed by atoms with Gasteiger partial charge in [0.25, 0.3) is 0 Å².